The summed E-state index contributed by atoms with van der Waals surface area (Å²) in [6.07, 6.45) is 4.04. The summed E-state index contributed by atoms with van der Waals surface area (Å²) in [6, 6.07) is 0. The first kappa shape index (κ1) is 34.8. The van der Waals surface area contributed by atoms with Crippen LogP contribution >= 0.6 is 15.9 Å². The normalized spacial score (nSPS) is 9.75. The highest BCUT2D eigenvalue weighted by atomic mass is 79.9. The zero-order valence-corrected chi connectivity index (χ0v) is 22.2. The van der Waals surface area contributed by atoms with E-state index in [1.807, 2.05) is 11.9 Å². The summed E-state index contributed by atoms with van der Waals surface area (Å²) in [4.78, 5) is 67.0. The van der Waals surface area contributed by atoms with E-state index < -0.39 is 43.7 Å². The van der Waals surface area contributed by atoms with E-state index in [0.29, 0.717) is 6.42 Å². The van der Waals surface area contributed by atoms with Gasteiger partial charge in [0.1, 0.15) is 11.4 Å². The molecule has 204 valence electrons. The number of unbranched alkanes of at least 4 members (excludes halogenated alkanes) is 2. The van der Waals surface area contributed by atoms with Crippen LogP contribution in [0, 0.1) is 34.1 Å². The second-order valence-corrected chi connectivity index (χ2v) is 8.19. The van der Waals surface area contributed by atoms with Crippen molar-refractivity contribution < 1.29 is 9.85 Å². The number of nitrogens with zero attached hydrogens (tertiary/aromatic N) is 5. The Labute approximate surface area is 216 Å². The minimum absolute atomic E-state index is 0. The van der Waals surface area contributed by atoms with Crippen molar-refractivity contribution in [3.8, 4) is 0 Å². The summed E-state index contributed by atoms with van der Waals surface area (Å²) in [7, 11) is 2.77. The van der Waals surface area contributed by atoms with Crippen LogP contribution in [0.25, 0.3) is 0 Å². The summed E-state index contributed by atoms with van der Waals surface area (Å²) in [6.45, 7) is 7.04. The molecule has 0 saturated heterocycles. The summed E-state index contributed by atoms with van der Waals surface area (Å²) >= 11 is 3.31. The van der Waals surface area contributed by atoms with E-state index >= 15 is 0 Å². The van der Waals surface area contributed by atoms with E-state index in [1.165, 1.54) is 40.8 Å². The van der Waals surface area contributed by atoms with Crippen LogP contribution in [0.5, 0.6) is 0 Å². The van der Waals surface area contributed by atoms with E-state index in [2.05, 4.69) is 22.9 Å². The molecular formula is C21H35BrN6O8. The molecule has 36 heavy (non-hydrogen) atoms. The molecule has 0 bridgehead atoms. The maximum absolute atomic E-state index is 11.8. The standard InChI is InChI=1S/C10H15N3O4.C6H7N3O4.C4H9Br.CH4/c1-4-5-6-12-9(14)8(13(16)17)7(2)11(3)10(12)15;1-3-4(9(12)13)5(10)7-6(11)8(3)2;1-2-3-4-5;/h4-6H2,1-3H3;1-2H3,(H,7,10,11);2-4H2,1H3;1H4. The molecule has 0 amide bonds. The van der Waals surface area contributed by atoms with Crippen molar-refractivity contribution in [3.63, 3.8) is 0 Å². The quantitative estimate of drug-likeness (QED) is 0.295. The van der Waals surface area contributed by atoms with Crippen molar-refractivity contribution in [2.45, 2.75) is 67.3 Å². The maximum Gasteiger partial charge on any atom is 0.353 e. The zero-order chi connectivity index (χ0) is 27.5. The van der Waals surface area contributed by atoms with Crippen LogP contribution in [-0.4, -0.2) is 33.9 Å². The number of rotatable bonds is 7. The Balaban J connectivity index is 0. The highest BCUT2D eigenvalue weighted by molar-refractivity contribution is 9.09. The number of aromatic nitrogens is 4. The highest BCUT2D eigenvalue weighted by Gasteiger charge is 2.23. The maximum atomic E-state index is 11.8. The molecule has 0 aromatic carbocycles. The van der Waals surface area contributed by atoms with Gasteiger partial charge in [-0.15, -0.1) is 0 Å². The van der Waals surface area contributed by atoms with Crippen LogP contribution in [0.15, 0.2) is 19.2 Å². The molecular weight excluding hydrogens is 544 g/mol. The lowest BCUT2D eigenvalue weighted by atomic mass is 10.3. The molecule has 0 unspecified atom stereocenters. The van der Waals surface area contributed by atoms with Gasteiger partial charge in [0.05, 0.1) is 9.85 Å². The topological polar surface area (TPSA) is 185 Å². The highest BCUT2D eigenvalue weighted by Crippen LogP contribution is 2.08. The number of halogens is 1. The van der Waals surface area contributed by atoms with Gasteiger partial charge in [-0.3, -0.25) is 48.5 Å². The second kappa shape index (κ2) is 16.3. The Hall–Kier alpha value is -3.36. The Bertz CT molecular complexity index is 1270. The van der Waals surface area contributed by atoms with Gasteiger partial charge in [-0.05, 0) is 26.7 Å². The molecule has 2 aromatic heterocycles. The van der Waals surface area contributed by atoms with Gasteiger partial charge in [0, 0.05) is 26.0 Å². The van der Waals surface area contributed by atoms with E-state index in [9.17, 15) is 39.4 Å². The van der Waals surface area contributed by atoms with Crippen LogP contribution in [0.2, 0.25) is 0 Å². The summed E-state index contributed by atoms with van der Waals surface area (Å²) < 4.78 is 3.07. The van der Waals surface area contributed by atoms with Gasteiger partial charge < -0.3 is 0 Å². The van der Waals surface area contributed by atoms with Gasteiger partial charge in [-0.1, -0.05) is 50.0 Å². The van der Waals surface area contributed by atoms with E-state index in [-0.39, 0.29) is 25.4 Å². The Morgan fingerprint density at radius 2 is 1.33 bits per heavy atom. The van der Waals surface area contributed by atoms with Crippen molar-refractivity contribution >= 4 is 27.3 Å². The van der Waals surface area contributed by atoms with Gasteiger partial charge >= 0.3 is 33.9 Å². The molecule has 0 fully saturated rings. The molecule has 14 nitrogen and oxygen atoms in total. The number of nitro groups is 2. The summed E-state index contributed by atoms with van der Waals surface area (Å²) in [5.41, 5.74) is -3.95. The summed E-state index contributed by atoms with van der Waals surface area (Å²) in [5, 5.41) is 22.3. The second-order valence-electron chi connectivity index (χ2n) is 7.40. The molecule has 2 aromatic rings. The predicted octanol–water partition coefficient (Wildman–Crippen LogP) is 2.67. The molecule has 0 radical (unpaired) electrons. The largest absolute Gasteiger partial charge is 0.353 e. The van der Waals surface area contributed by atoms with Crippen LogP contribution < -0.4 is 22.5 Å². The predicted molar refractivity (Wildman–Crippen MR) is 141 cm³/mol. The first-order valence-electron chi connectivity index (χ1n) is 10.7. The number of hydrogen-bond acceptors (Lipinski definition) is 8. The lowest BCUT2D eigenvalue weighted by molar-refractivity contribution is -0.387. The van der Waals surface area contributed by atoms with Crippen molar-refractivity contribution in [1.29, 1.82) is 0 Å². The van der Waals surface area contributed by atoms with Gasteiger partial charge in [0.25, 0.3) is 0 Å². The summed E-state index contributed by atoms with van der Waals surface area (Å²) in [5.74, 6) is 0. The Kier molecular flexibility index (Phi) is 15.8. The van der Waals surface area contributed by atoms with Gasteiger partial charge in [-0.2, -0.15) is 0 Å². The molecule has 15 heteroatoms. The van der Waals surface area contributed by atoms with Crippen molar-refractivity contribution in [2.75, 3.05) is 5.33 Å². The Morgan fingerprint density at radius 1 is 0.861 bits per heavy atom. The average molecular weight is 579 g/mol. The van der Waals surface area contributed by atoms with Gasteiger partial charge in [0.2, 0.25) is 0 Å². The number of hydrogen-bond donors (Lipinski definition) is 1. The molecule has 0 atom stereocenters. The van der Waals surface area contributed by atoms with Gasteiger partial charge in [-0.25, -0.2) is 9.59 Å². The van der Waals surface area contributed by atoms with Crippen molar-refractivity contribution in [1.82, 2.24) is 18.7 Å². The first-order valence-corrected chi connectivity index (χ1v) is 11.8. The average Bonchev–Trinajstić information content (AvgIpc) is 2.77. The molecule has 2 heterocycles. The number of alkyl halides is 1. The van der Waals surface area contributed by atoms with Gasteiger partial charge in [0.15, 0.2) is 0 Å². The molecule has 0 saturated carbocycles. The SMILES string of the molecule is C.CCCCBr.CCCCn1c(=O)c([N+](=O)[O-])c(C)n(C)c1=O.Cc1c([N+](=O)[O-])c(=O)[nH]c(=O)n1C. The minimum Gasteiger partial charge on any atom is -0.294 e. The molecule has 0 aliphatic heterocycles. The monoisotopic (exact) mass is 578 g/mol. The first-order chi connectivity index (χ1) is 16.3. The fourth-order valence-corrected chi connectivity index (χ4v) is 3.20. The van der Waals surface area contributed by atoms with Crippen LogP contribution in [0.1, 0.15) is 58.3 Å². The van der Waals surface area contributed by atoms with Crippen LogP contribution in [0.3, 0.4) is 0 Å². The van der Waals surface area contributed by atoms with Crippen molar-refractivity contribution in [3.05, 3.63) is 73.3 Å². The molecule has 0 aliphatic rings. The third-order valence-electron chi connectivity index (χ3n) is 4.98. The molecule has 0 spiro atoms. The molecule has 2 rings (SSSR count). The van der Waals surface area contributed by atoms with E-state index in [0.717, 1.165) is 25.5 Å². The molecule has 0 aliphatic carbocycles. The lowest BCUT2D eigenvalue weighted by Crippen LogP contribution is -2.41. The van der Waals surface area contributed by atoms with Crippen molar-refractivity contribution in [2.24, 2.45) is 14.1 Å². The Morgan fingerprint density at radius 3 is 1.72 bits per heavy atom. The minimum atomic E-state index is -0.967. The van der Waals surface area contributed by atoms with E-state index in [1.54, 1.807) is 0 Å². The fraction of sp³-hybridized carbons (Fsp3) is 0.619. The number of aromatic amines is 1. The smallest absolute Gasteiger partial charge is 0.294 e. The third kappa shape index (κ3) is 9.02. The third-order valence-corrected chi connectivity index (χ3v) is 5.55. The number of H-pyrrole nitrogens is 1. The lowest BCUT2D eigenvalue weighted by Gasteiger charge is -2.09. The number of nitrogens with one attached hydrogen (secondary N) is 1. The van der Waals surface area contributed by atoms with E-state index in [4.69, 9.17) is 0 Å². The van der Waals surface area contributed by atoms with Crippen LogP contribution in [0.4, 0.5) is 11.4 Å². The molecule has 1 N–H and O–H groups in total. The zero-order valence-electron chi connectivity index (χ0n) is 20.6. The fourth-order valence-electron chi connectivity index (χ4n) is 2.64. The van der Waals surface area contributed by atoms with Crippen LogP contribution in [-0.2, 0) is 20.6 Å².